The molecule has 0 unspecified atom stereocenters. The molecule has 2 bridgehead atoms. The van der Waals surface area contributed by atoms with E-state index in [2.05, 4.69) is 20.4 Å². The fourth-order valence-corrected chi connectivity index (χ4v) is 7.71. The van der Waals surface area contributed by atoms with Crippen LogP contribution in [0.25, 0.3) is 0 Å². The van der Waals surface area contributed by atoms with E-state index < -0.39 is 11.5 Å². The molecule has 0 aromatic rings. The Morgan fingerprint density at radius 1 is 1.31 bits per heavy atom. The van der Waals surface area contributed by atoms with E-state index in [0.717, 1.165) is 44.1 Å². The highest BCUT2D eigenvalue weighted by Crippen LogP contribution is 2.71. The average Bonchev–Trinajstić information content (AvgIpc) is 2.74. The van der Waals surface area contributed by atoms with E-state index in [-0.39, 0.29) is 34.4 Å². The molecule has 0 saturated heterocycles. The maximum Gasteiger partial charge on any atom is 0.302 e. The van der Waals surface area contributed by atoms with Crippen LogP contribution in [-0.4, -0.2) is 29.6 Å². The Balaban J connectivity index is 1.84. The number of ketones is 1. The topological polar surface area (TPSA) is 63.6 Å². The van der Waals surface area contributed by atoms with Gasteiger partial charge in [0.05, 0.1) is 12.7 Å². The van der Waals surface area contributed by atoms with Crippen molar-refractivity contribution < 1.29 is 19.4 Å². The quantitative estimate of drug-likeness (QED) is 0.603. The number of carbonyl (C=O) groups excluding carboxylic acids is 2. The molecule has 4 aliphatic carbocycles. The number of aliphatic hydroxyl groups is 1. The number of allylic oxidation sites excluding steroid dienone is 1. The predicted octanol–water partition coefficient (Wildman–Crippen LogP) is 3.67. The molecule has 4 aliphatic rings. The third-order valence-electron chi connectivity index (χ3n) is 8.50. The Kier molecular flexibility index (Phi) is 3.97. The molecule has 0 aromatic carbocycles. The van der Waals surface area contributed by atoms with Crippen LogP contribution in [0.3, 0.4) is 0 Å². The molecule has 4 saturated carbocycles. The van der Waals surface area contributed by atoms with E-state index in [0.29, 0.717) is 18.9 Å². The molecular weight excluding hydrogens is 328 g/mol. The predicted molar refractivity (Wildman–Crippen MR) is 98.2 cm³/mol. The number of ether oxygens (including phenoxy) is 1. The van der Waals surface area contributed by atoms with Gasteiger partial charge in [-0.1, -0.05) is 26.8 Å². The van der Waals surface area contributed by atoms with Gasteiger partial charge in [0.25, 0.3) is 0 Å². The molecule has 0 aromatic heterocycles. The second-order valence-corrected chi connectivity index (χ2v) is 10.1. The van der Waals surface area contributed by atoms with E-state index in [4.69, 9.17) is 4.74 Å². The third-order valence-corrected chi connectivity index (χ3v) is 8.50. The summed E-state index contributed by atoms with van der Waals surface area (Å²) in [7, 11) is 0. The maximum absolute atomic E-state index is 13.3. The van der Waals surface area contributed by atoms with Gasteiger partial charge in [-0.25, -0.2) is 0 Å². The van der Waals surface area contributed by atoms with Crippen molar-refractivity contribution in [1.82, 2.24) is 0 Å². The smallest absolute Gasteiger partial charge is 0.302 e. The van der Waals surface area contributed by atoms with Gasteiger partial charge in [-0.15, -0.1) is 0 Å². The number of aliphatic hydroxyl groups excluding tert-OH is 1. The van der Waals surface area contributed by atoms with Gasteiger partial charge >= 0.3 is 5.97 Å². The van der Waals surface area contributed by atoms with Crippen LogP contribution in [0, 0.1) is 34.0 Å². The Labute approximate surface area is 156 Å². The number of rotatable bonds is 2. The van der Waals surface area contributed by atoms with Crippen LogP contribution in [0.15, 0.2) is 12.2 Å². The highest BCUT2D eigenvalue weighted by Gasteiger charge is 2.70. The van der Waals surface area contributed by atoms with Gasteiger partial charge in [0.15, 0.2) is 5.78 Å². The van der Waals surface area contributed by atoms with Crippen molar-refractivity contribution in [3.8, 4) is 0 Å². The van der Waals surface area contributed by atoms with Crippen molar-refractivity contribution in [2.45, 2.75) is 71.8 Å². The molecule has 0 radical (unpaired) electrons. The van der Waals surface area contributed by atoms with Gasteiger partial charge in [-0.05, 0) is 61.3 Å². The minimum atomic E-state index is -0.510. The molecule has 0 aliphatic heterocycles. The van der Waals surface area contributed by atoms with Crippen LogP contribution in [0.4, 0.5) is 0 Å². The molecular formula is C22H32O4. The van der Waals surface area contributed by atoms with Crippen molar-refractivity contribution in [2.24, 2.45) is 34.0 Å². The SMILES string of the molecule is C=C1C(=O)[C@@]23CC[C@@H]4C(C)(C)CCC[C@@]4(COC(C)=O)[C@H]2[C@@H](O)C[C@@H]1C3. The number of Topliss-reactive ketones (excluding diaryl/α,β-unsaturated/α-hetero) is 1. The summed E-state index contributed by atoms with van der Waals surface area (Å²) in [6.07, 6.45) is 5.92. The highest BCUT2D eigenvalue weighted by atomic mass is 16.5. The average molecular weight is 360 g/mol. The zero-order valence-corrected chi connectivity index (χ0v) is 16.3. The van der Waals surface area contributed by atoms with Gasteiger partial charge in [0.1, 0.15) is 0 Å². The first-order chi connectivity index (χ1) is 12.1. The summed E-state index contributed by atoms with van der Waals surface area (Å²) in [4.78, 5) is 25.0. The molecule has 4 rings (SSSR count). The van der Waals surface area contributed by atoms with Crippen molar-refractivity contribution in [1.29, 1.82) is 0 Å². The normalized spacial score (nSPS) is 46.5. The number of fused-ring (bicyclic) bond motifs is 3. The van der Waals surface area contributed by atoms with Crippen LogP contribution >= 0.6 is 0 Å². The minimum Gasteiger partial charge on any atom is -0.465 e. The van der Waals surface area contributed by atoms with Gasteiger partial charge in [-0.3, -0.25) is 9.59 Å². The van der Waals surface area contributed by atoms with Crippen molar-refractivity contribution in [3.05, 3.63) is 12.2 Å². The van der Waals surface area contributed by atoms with Crippen molar-refractivity contribution >= 4 is 11.8 Å². The molecule has 4 heteroatoms. The third kappa shape index (κ3) is 2.23. The number of carbonyl (C=O) groups is 2. The van der Waals surface area contributed by atoms with Gasteiger partial charge in [0, 0.05) is 23.7 Å². The second kappa shape index (κ2) is 5.67. The first-order valence-electron chi connectivity index (χ1n) is 10.2. The monoisotopic (exact) mass is 360 g/mol. The van der Waals surface area contributed by atoms with Crippen LogP contribution in [-0.2, 0) is 14.3 Å². The lowest BCUT2D eigenvalue weighted by Crippen LogP contribution is -2.64. The van der Waals surface area contributed by atoms with Crippen molar-refractivity contribution in [3.63, 3.8) is 0 Å². The molecule has 4 fully saturated rings. The molecule has 6 atom stereocenters. The lowest BCUT2D eigenvalue weighted by atomic mass is 9.40. The van der Waals surface area contributed by atoms with E-state index >= 15 is 0 Å². The Morgan fingerprint density at radius 2 is 2.04 bits per heavy atom. The lowest BCUT2D eigenvalue weighted by molar-refractivity contribution is -0.212. The van der Waals surface area contributed by atoms with Gasteiger partial charge < -0.3 is 9.84 Å². The fraction of sp³-hybridized carbons (Fsp3) is 0.818. The van der Waals surface area contributed by atoms with Crippen molar-refractivity contribution in [2.75, 3.05) is 6.61 Å². The Bertz CT molecular complexity index is 665. The number of esters is 1. The molecule has 0 heterocycles. The summed E-state index contributed by atoms with van der Waals surface area (Å²) in [6.45, 7) is 10.5. The molecule has 1 spiro atoms. The summed E-state index contributed by atoms with van der Waals surface area (Å²) in [5.74, 6) is 0.300. The Morgan fingerprint density at radius 3 is 2.73 bits per heavy atom. The lowest BCUT2D eigenvalue weighted by Gasteiger charge is -2.64. The first-order valence-corrected chi connectivity index (χ1v) is 10.2. The summed E-state index contributed by atoms with van der Waals surface area (Å²) in [6, 6.07) is 0. The summed E-state index contributed by atoms with van der Waals surface area (Å²) in [5, 5.41) is 11.2. The van der Waals surface area contributed by atoms with E-state index in [1.165, 1.54) is 6.92 Å². The van der Waals surface area contributed by atoms with Crippen LogP contribution in [0.1, 0.15) is 65.7 Å². The molecule has 144 valence electrons. The minimum absolute atomic E-state index is 0.115. The molecule has 1 N–H and O–H groups in total. The largest absolute Gasteiger partial charge is 0.465 e. The molecule has 26 heavy (non-hydrogen) atoms. The van der Waals surface area contributed by atoms with E-state index in [1.807, 2.05) is 0 Å². The number of hydrogen-bond acceptors (Lipinski definition) is 4. The van der Waals surface area contributed by atoms with Crippen LogP contribution in [0.5, 0.6) is 0 Å². The zero-order chi connectivity index (χ0) is 18.9. The van der Waals surface area contributed by atoms with Crippen LogP contribution < -0.4 is 0 Å². The molecule has 0 amide bonds. The fourth-order valence-electron chi connectivity index (χ4n) is 7.71. The summed E-state index contributed by atoms with van der Waals surface area (Å²) < 4.78 is 5.61. The van der Waals surface area contributed by atoms with Gasteiger partial charge in [0.2, 0.25) is 0 Å². The summed E-state index contributed by atoms with van der Waals surface area (Å²) >= 11 is 0. The number of hydrogen-bond donors (Lipinski definition) is 1. The molecule has 4 nitrogen and oxygen atoms in total. The first kappa shape index (κ1) is 18.2. The van der Waals surface area contributed by atoms with E-state index in [1.54, 1.807) is 0 Å². The Hall–Kier alpha value is -1.16. The maximum atomic E-state index is 13.3. The van der Waals surface area contributed by atoms with Gasteiger partial charge in [-0.2, -0.15) is 0 Å². The standard InChI is InChI=1S/C22H32O4/c1-13-15-10-16(24)18-21(11-15,19(13)25)9-6-17-20(3,4)7-5-8-22(17,18)12-26-14(2)23/h15-18,24H,1,5-12H2,2-4H3/t15-,16+,17-,18+,21-,22+/m1/s1. The second-order valence-electron chi connectivity index (χ2n) is 10.1. The summed E-state index contributed by atoms with van der Waals surface area (Å²) in [5.41, 5.74) is 0.0809. The van der Waals surface area contributed by atoms with Crippen LogP contribution in [0.2, 0.25) is 0 Å². The zero-order valence-electron chi connectivity index (χ0n) is 16.3. The highest BCUT2D eigenvalue weighted by molar-refractivity contribution is 6.03. The van der Waals surface area contributed by atoms with E-state index in [9.17, 15) is 14.7 Å².